The van der Waals surface area contributed by atoms with Crippen molar-refractivity contribution in [3.8, 4) is 17.0 Å². The van der Waals surface area contributed by atoms with E-state index in [9.17, 15) is 0 Å². The Morgan fingerprint density at radius 2 is 1.95 bits per heavy atom. The quantitative estimate of drug-likeness (QED) is 0.834. The first-order chi connectivity index (χ1) is 9.11. The fourth-order valence-corrected chi connectivity index (χ4v) is 2.01. The number of hydrogen-bond acceptors (Lipinski definition) is 3. The minimum atomic E-state index is 0.147. The number of ether oxygens (including phenoxy) is 1. The van der Waals surface area contributed by atoms with E-state index in [-0.39, 0.29) is 6.10 Å². The standard InChI is InChI=1S/C16H20N2O/c1-5-13-10-17-12(4)18-16(13)14-8-6-7-9-15(14)19-11(2)3/h6-11H,5H2,1-4H3. The fourth-order valence-electron chi connectivity index (χ4n) is 2.01. The summed E-state index contributed by atoms with van der Waals surface area (Å²) in [5.74, 6) is 1.66. The molecule has 3 heteroatoms. The summed E-state index contributed by atoms with van der Waals surface area (Å²) in [7, 11) is 0. The van der Waals surface area contributed by atoms with Crippen LogP contribution in [0.2, 0.25) is 0 Å². The molecule has 0 N–H and O–H groups in total. The number of hydrogen-bond donors (Lipinski definition) is 0. The molecule has 1 heterocycles. The summed E-state index contributed by atoms with van der Waals surface area (Å²) >= 11 is 0. The number of nitrogens with zero attached hydrogens (tertiary/aromatic N) is 2. The molecule has 19 heavy (non-hydrogen) atoms. The first-order valence-corrected chi connectivity index (χ1v) is 6.70. The molecule has 0 fully saturated rings. The Balaban J connectivity index is 2.55. The van der Waals surface area contributed by atoms with Gasteiger partial charge in [-0.1, -0.05) is 19.1 Å². The fraction of sp³-hybridized carbons (Fsp3) is 0.375. The van der Waals surface area contributed by atoms with Gasteiger partial charge in [0.15, 0.2) is 0 Å². The molecular formula is C16H20N2O. The zero-order valence-corrected chi connectivity index (χ0v) is 12.0. The summed E-state index contributed by atoms with van der Waals surface area (Å²) < 4.78 is 5.88. The maximum Gasteiger partial charge on any atom is 0.129 e. The van der Waals surface area contributed by atoms with Gasteiger partial charge < -0.3 is 4.74 Å². The van der Waals surface area contributed by atoms with Crippen molar-refractivity contribution in [1.29, 1.82) is 0 Å². The molecule has 0 spiro atoms. The summed E-state index contributed by atoms with van der Waals surface area (Å²) in [5, 5.41) is 0. The van der Waals surface area contributed by atoms with Gasteiger partial charge in [-0.15, -0.1) is 0 Å². The molecule has 0 unspecified atom stereocenters. The van der Waals surface area contributed by atoms with E-state index >= 15 is 0 Å². The van der Waals surface area contributed by atoms with Crippen LogP contribution in [0.15, 0.2) is 30.5 Å². The molecular weight excluding hydrogens is 236 g/mol. The zero-order chi connectivity index (χ0) is 13.8. The summed E-state index contributed by atoms with van der Waals surface area (Å²) in [6.45, 7) is 8.09. The van der Waals surface area contributed by atoms with Crippen molar-refractivity contribution < 1.29 is 4.74 Å². The van der Waals surface area contributed by atoms with Gasteiger partial charge in [-0.25, -0.2) is 9.97 Å². The van der Waals surface area contributed by atoms with E-state index in [2.05, 4.69) is 23.0 Å². The highest BCUT2D eigenvalue weighted by atomic mass is 16.5. The lowest BCUT2D eigenvalue weighted by atomic mass is 10.0. The monoisotopic (exact) mass is 256 g/mol. The van der Waals surface area contributed by atoms with Crippen molar-refractivity contribution in [2.75, 3.05) is 0 Å². The molecule has 0 atom stereocenters. The van der Waals surface area contributed by atoms with E-state index in [1.54, 1.807) is 0 Å². The number of aryl methyl sites for hydroxylation is 2. The van der Waals surface area contributed by atoms with Crippen molar-refractivity contribution in [2.45, 2.75) is 40.2 Å². The molecule has 1 aromatic heterocycles. The second kappa shape index (κ2) is 5.83. The molecule has 2 aromatic rings. The number of benzene rings is 1. The van der Waals surface area contributed by atoms with Crippen molar-refractivity contribution >= 4 is 0 Å². The van der Waals surface area contributed by atoms with Gasteiger partial charge in [0.1, 0.15) is 11.6 Å². The van der Waals surface area contributed by atoms with Gasteiger partial charge in [0.2, 0.25) is 0 Å². The summed E-state index contributed by atoms with van der Waals surface area (Å²) in [5.41, 5.74) is 3.16. The van der Waals surface area contributed by atoms with E-state index in [1.165, 1.54) is 0 Å². The highest BCUT2D eigenvalue weighted by Gasteiger charge is 2.12. The van der Waals surface area contributed by atoms with E-state index < -0.39 is 0 Å². The Bertz CT molecular complexity index is 564. The SMILES string of the molecule is CCc1cnc(C)nc1-c1ccccc1OC(C)C. The van der Waals surface area contributed by atoms with Gasteiger partial charge >= 0.3 is 0 Å². The first kappa shape index (κ1) is 13.5. The van der Waals surface area contributed by atoms with Gasteiger partial charge in [0.05, 0.1) is 11.8 Å². The predicted octanol–water partition coefficient (Wildman–Crippen LogP) is 3.80. The minimum Gasteiger partial charge on any atom is -0.490 e. The second-order valence-corrected chi connectivity index (χ2v) is 4.81. The molecule has 0 saturated carbocycles. The Hall–Kier alpha value is -1.90. The molecule has 2 rings (SSSR count). The lowest BCUT2D eigenvalue weighted by Gasteiger charge is -2.15. The predicted molar refractivity (Wildman–Crippen MR) is 77.3 cm³/mol. The number of para-hydroxylation sites is 1. The lowest BCUT2D eigenvalue weighted by Crippen LogP contribution is -2.07. The summed E-state index contributed by atoms with van der Waals surface area (Å²) in [6.07, 6.45) is 2.96. The Morgan fingerprint density at radius 1 is 1.21 bits per heavy atom. The molecule has 0 saturated heterocycles. The highest BCUT2D eigenvalue weighted by molar-refractivity contribution is 5.69. The van der Waals surface area contributed by atoms with Crippen LogP contribution in [0, 0.1) is 6.92 Å². The van der Waals surface area contributed by atoms with Gasteiger partial charge in [-0.2, -0.15) is 0 Å². The number of aromatic nitrogens is 2. The first-order valence-electron chi connectivity index (χ1n) is 6.70. The average molecular weight is 256 g/mol. The van der Waals surface area contributed by atoms with Crippen LogP contribution in [0.25, 0.3) is 11.3 Å². The lowest BCUT2D eigenvalue weighted by molar-refractivity contribution is 0.243. The Morgan fingerprint density at radius 3 is 2.63 bits per heavy atom. The summed E-state index contributed by atoms with van der Waals surface area (Å²) in [4.78, 5) is 8.87. The van der Waals surface area contributed by atoms with E-state index in [1.807, 2.05) is 45.2 Å². The van der Waals surface area contributed by atoms with E-state index in [0.717, 1.165) is 34.8 Å². The van der Waals surface area contributed by atoms with Gasteiger partial charge in [0, 0.05) is 11.8 Å². The van der Waals surface area contributed by atoms with Crippen LogP contribution in [0.5, 0.6) is 5.75 Å². The third-order valence-corrected chi connectivity index (χ3v) is 2.87. The van der Waals surface area contributed by atoms with Crippen LogP contribution >= 0.6 is 0 Å². The van der Waals surface area contributed by atoms with Crippen LogP contribution in [-0.2, 0) is 6.42 Å². The third-order valence-electron chi connectivity index (χ3n) is 2.87. The third kappa shape index (κ3) is 3.11. The zero-order valence-electron chi connectivity index (χ0n) is 12.0. The van der Waals surface area contributed by atoms with Crippen LogP contribution in [0.1, 0.15) is 32.2 Å². The largest absolute Gasteiger partial charge is 0.490 e. The van der Waals surface area contributed by atoms with Crippen molar-refractivity contribution in [2.24, 2.45) is 0 Å². The van der Waals surface area contributed by atoms with E-state index in [0.29, 0.717) is 0 Å². The Labute approximate surface area is 114 Å². The maximum absolute atomic E-state index is 5.88. The molecule has 0 amide bonds. The van der Waals surface area contributed by atoms with Gasteiger partial charge in [-0.3, -0.25) is 0 Å². The molecule has 100 valence electrons. The van der Waals surface area contributed by atoms with Crippen LogP contribution < -0.4 is 4.74 Å². The molecule has 0 aliphatic rings. The highest BCUT2D eigenvalue weighted by Crippen LogP contribution is 2.31. The van der Waals surface area contributed by atoms with Crippen LogP contribution in [-0.4, -0.2) is 16.1 Å². The van der Waals surface area contributed by atoms with Crippen molar-refractivity contribution in [3.05, 3.63) is 41.9 Å². The Kier molecular flexibility index (Phi) is 4.15. The molecule has 1 aromatic carbocycles. The topological polar surface area (TPSA) is 35.0 Å². The maximum atomic E-state index is 5.88. The minimum absolute atomic E-state index is 0.147. The molecule has 0 radical (unpaired) electrons. The smallest absolute Gasteiger partial charge is 0.129 e. The van der Waals surface area contributed by atoms with Crippen LogP contribution in [0.3, 0.4) is 0 Å². The molecule has 0 aliphatic carbocycles. The average Bonchev–Trinajstić information content (AvgIpc) is 2.38. The van der Waals surface area contributed by atoms with Crippen LogP contribution in [0.4, 0.5) is 0 Å². The number of rotatable bonds is 4. The van der Waals surface area contributed by atoms with Gasteiger partial charge in [-0.05, 0) is 44.9 Å². The van der Waals surface area contributed by atoms with Crippen molar-refractivity contribution in [1.82, 2.24) is 9.97 Å². The molecule has 3 nitrogen and oxygen atoms in total. The molecule has 0 bridgehead atoms. The normalized spacial score (nSPS) is 10.8. The molecule has 0 aliphatic heterocycles. The second-order valence-electron chi connectivity index (χ2n) is 4.81. The van der Waals surface area contributed by atoms with Gasteiger partial charge in [0.25, 0.3) is 0 Å². The van der Waals surface area contributed by atoms with E-state index in [4.69, 9.17) is 4.74 Å². The van der Waals surface area contributed by atoms with Crippen molar-refractivity contribution in [3.63, 3.8) is 0 Å². The summed E-state index contributed by atoms with van der Waals surface area (Å²) in [6, 6.07) is 8.05.